The molecule has 2 amide bonds. The van der Waals surface area contributed by atoms with E-state index < -0.39 is 17.7 Å². The molecule has 3 heterocycles. The molecule has 1 N–H and O–H groups in total. The Morgan fingerprint density at radius 1 is 1.31 bits per heavy atom. The summed E-state index contributed by atoms with van der Waals surface area (Å²) in [4.78, 5) is 34.3. The number of likely N-dealkylation sites (tertiary alicyclic amines) is 1. The van der Waals surface area contributed by atoms with Gasteiger partial charge in [0.25, 0.3) is 0 Å². The van der Waals surface area contributed by atoms with Crippen molar-refractivity contribution in [3.05, 3.63) is 30.1 Å². The number of pyridine rings is 1. The predicted molar refractivity (Wildman–Crippen MR) is 122 cm³/mol. The first-order chi connectivity index (χ1) is 15.2. The first kappa shape index (κ1) is 24.5. The van der Waals surface area contributed by atoms with Crippen LogP contribution in [0, 0.1) is 11.8 Å². The van der Waals surface area contributed by atoms with E-state index in [1.165, 1.54) is 5.56 Å². The van der Waals surface area contributed by atoms with Crippen LogP contribution in [0.15, 0.2) is 24.5 Å². The minimum Gasteiger partial charge on any atom is -0.444 e. The SMILES string of the molecule is CN(Cc1cccnc1)C[C@H]1CCN(C(=O)[C@@H](NC(=O)OC(C)(C)C)C2CCOCC2)C1. The van der Waals surface area contributed by atoms with Crippen LogP contribution in [0.2, 0.25) is 0 Å². The molecule has 0 spiro atoms. The van der Waals surface area contributed by atoms with Gasteiger partial charge in [-0.2, -0.15) is 0 Å². The van der Waals surface area contributed by atoms with Crippen molar-refractivity contribution >= 4 is 12.0 Å². The van der Waals surface area contributed by atoms with Crippen molar-refractivity contribution in [2.24, 2.45) is 11.8 Å². The number of carbonyl (C=O) groups excluding carboxylic acids is 2. The molecular formula is C24H38N4O4. The van der Waals surface area contributed by atoms with Crippen LogP contribution in [0.5, 0.6) is 0 Å². The highest BCUT2D eigenvalue weighted by Crippen LogP contribution is 2.25. The maximum Gasteiger partial charge on any atom is 0.408 e. The van der Waals surface area contributed by atoms with Gasteiger partial charge in [0.15, 0.2) is 0 Å². The molecule has 2 aliphatic heterocycles. The van der Waals surface area contributed by atoms with Crippen LogP contribution < -0.4 is 5.32 Å². The van der Waals surface area contributed by atoms with Gasteiger partial charge in [0.05, 0.1) is 0 Å². The number of alkyl carbamates (subject to hydrolysis) is 1. The van der Waals surface area contributed by atoms with Gasteiger partial charge in [-0.1, -0.05) is 6.07 Å². The third kappa shape index (κ3) is 7.45. The normalized spacial score (nSPS) is 20.9. The van der Waals surface area contributed by atoms with Crippen LogP contribution in [-0.4, -0.2) is 78.3 Å². The van der Waals surface area contributed by atoms with Crippen molar-refractivity contribution in [1.82, 2.24) is 20.1 Å². The van der Waals surface area contributed by atoms with Crippen molar-refractivity contribution in [2.45, 2.75) is 58.2 Å². The zero-order valence-corrected chi connectivity index (χ0v) is 19.9. The summed E-state index contributed by atoms with van der Waals surface area (Å²) < 4.78 is 10.9. The van der Waals surface area contributed by atoms with Crippen LogP contribution in [0.3, 0.4) is 0 Å². The second-order valence-electron chi connectivity index (χ2n) is 10.1. The van der Waals surface area contributed by atoms with Gasteiger partial charge in [-0.25, -0.2) is 4.79 Å². The molecule has 1 aromatic rings. The van der Waals surface area contributed by atoms with Gasteiger partial charge in [-0.3, -0.25) is 9.78 Å². The third-order valence-corrected chi connectivity index (χ3v) is 6.02. The zero-order chi connectivity index (χ0) is 23.1. The smallest absolute Gasteiger partial charge is 0.408 e. The molecule has 0 radical (unpaired) electrons. The summed E-state index contributed by atoms with van der Waals surface area (Å²) in [5.41, 5.74) is 0.576. The number of carbonyl (C=O) groups is 2. The Hall–Kier alpha value is -2.19. The van der Waals surface area contributed by atoms with Crippen molar-refractivity contribution in [1.29, 1.82) is 0 Å². The summed E-state index contributed by atoms with van der Waals surface area (Å²) in [5.74, 6) is 0.480. The lowest BCUT2D eigenvalue weighted by atomic mass is 9.91. The number of amides is 2. The summed E-state index contributed by atoms with van der Waals surface area (Å²) in [6.45, 7) is 9.90. The van der Waals surface area contributed by atoms with E-state index in [9.17, 15) is 9.59 Å². The lowest BCUT2D eigenvalue weighted by Crippen LogP contribution is -2.53. The standard InChI is InChI=1S/C24H38N4O4/c1-24(2,3)32-23(30)26-21(20-8-12-31-13-9-20)22(29)28-11-7-19(17-28)16-27(4)15-18-6-5-10-25-14-18/h5-6,10,14,19-21H,7-9,11-13,15-17H2,1-4H3,(H,26,30)/t19-,21+/m1/s1. The molecule has 0 aliphatic carbocycles. The number of nitrogens with one attached hydrogen (secondary N) is 1. The van der Waals surface area contributed by atoms with Crippen LogP contribution in [0.1, 0.15) is 45.6 Å². The van der Waals surface area contributed by atoms with E-state index in [2.05, 4.69) is 28.3 Å². The van der Waals surface area contributed by atoms with E-state index in [1.54, 1.807) is 6.20 Å². The third-order valence-electron chi connectivity index (χ3n) is 6.02. The number of hydrogen-bond donors (Lipinski definition) is 1. The Morgan fingerprint density at radius 3 is 2.72 bits per heavy atom. The second kappa shape index (κ2) is 11.1. The molecule has 2 fully saturated rings. The fraction of sp³-hybridized carbons (Fsp3) is 0.708. The average molecular weight is 447 g/mol. The summed E-state index contributed by atoms with van der Waals surface area (Å²) in [6.07, 6.45) is 5.63. The van der Waals surface area contributed by atoms with Gasteiger partial charge in [0.1, 0.15) is 11.6 Å². The number of rotatable bonds is 7. The Labute approximate surface area is 191 Å². The Kier molecular flexibility index (Phi) is 8.48. The second-order valence-corrected chi connectivity index (χ2v) is 10.1. The molecule has 0 saturated carbocycles. The molecule has 32 heavy (non-hydrogen) atoms. The predicted octanol–water partition coefficient (Wildman–Crippen LogP) is 2.68. The highest BCUT2D eigenvalue weighted by molar-refractivity contribution is 5.86. The van der Waals surface area contributed by atoms with Gasteiger partial charge in [0, 0.05) is 51.8 Å². The molecular weight excluding hydrogens is 408 g/mol. The van der Waals surface area contributed by atoms with E-state index in [-0.39, 0.29) is 11.8 Å². The Morgan fingerprint density at radius 2 is 2.06 bits per heavy atom. The van der Waals surface area contributed by atoms with Crippen molar-refractivity contribution in [3.8, 4) is 0 Å². The molecule has 2 atom stereocenters. The van der Waals surface area contributed by atoms with Crippen molar-refractivity contribution in [2.75, 3.05) is 39.9 Å². The van der Waals surface area contributed by atoms with Crippen LogP contribution in [0.4, 0.5) is 4.79 Å². The molecule has 0 aromatic carbocycles. The minimum absolute atomic E-state index is 0.000159. The van der Waals surface area contributed by atoms with Crippen LogP contribution in [-0.2, 0) is 20.8 Å². The van der Waals surface area contributed by atoms with E-state index in [0.717, 1.165) is 38.9 Å². The number of ether oxygens (including phenoxy) is 2. The monoisotopic (exact) mass is 446 g/mol. The van der Waals surface area contributed by atoms with Gasteiger partial charge < -0.3 is 24.6 Å². The molecule has 0 bridgehead atoms. The fourth-order valence-electron chi connectivity index (χ4n) is 4.55. The van der Waals surface area contributed by atoms with Crippen molar-refractivity contribution < 1.29 is 19.1 Å². The number of aromatic nitrogens is 1. The van der Waals surface area contributed by atoms with Gasteiger partial charge in [-0.05, 0) is 70.5 Å². The van der Waals surface area contributed by atoms with Gasteiger partial charge in [0.2, 0.25) is 5.91 Å². The van der Waals surface area contributed by atoms with Gasteiger partial charge in [-0.15, -0.1) is 0 Å². The molecule has 2 saturated heterocycles. The summed E-state index contributed by atoms with van der Waals surface area (Å²) >= 11 is 0. The average Bonchev–Trinajstić information content (AvgIpc) is 3.20. The fourth-order valence-corrected chi connectivity index (χ4v) is 4.55. The van der Waals surface area contributed by atoms with Gasteiger partial charge >= 0.3 is 6.09 Å². The lowest BCUT2D eigenvalue weighted by molar-refractivity contribution is -0.135. The first-order valence-corrected chi connectivity index (χ1v) is 11.6. The molecule has 8 nitrogen and oxygen atoms in total. The first-order valence-electron chi connectivity index (χ1n) is 11.6. The number of hydrogen-bond acceptors (Lipinski definition) is 6. The molecule has 8 heteroatoms. The lowest BCUT2D eigenvalue weighted by Gasteiger charge is -2.33. The highest BCUT2D eigenvalue weighted by Gasteiger charge is 2.37. The molecule has 178 valence electrons. The van der Waals surface area contributed by atoms with E-state index >= 15 is 0 Å². The Bertz CT molecular complexity index is 746. The molecule has 1 aromatic heterocycles. The van der Waals surface area contributed by atoms with Crippen LogP contribution in [0.25, 0.3) is 0 Å². The minimum atomic E-state index is -0.606. The zero-order valence-electron chi connectivity index (χ0n) is 19.9. The quantitative estimate of drug-likeness (QED) is 0.693. The Balaban J connectivity index is 1.57. The number of nitrogens with zero attached hydrogens (tertiary/aromatic N) is 3. The van der Waals surface area contributed by atoms with Crippen molar-refractivity contribution in [3.63, 3.8) is 0 Å². The van der Waals surface area contributed by atoms with E-state index in [0.29, 0.717) is 25.7 Å². The van der Waals surface area contributed by atoms with E-state index in [1.807, 2.05) is 37.9 Å². The maximum atomic E-state index is 13.5. The van der Waals surface area contributed by atoms with Crippen LogP contribution >= 0.6 is 0 Å². The largest absolute Gasteiger partial charge is 0.444 e. The summed E-state index contributed by atoms with van der Waals surface area (Å²) in [7, 11) is 2.10. The molecule has 0 unspecified atom stereocenters. The summed E-state index contributed by atoms with van der Waals surface area (Å²) in [6, 6.07) is 3.46. The maximum absolute atomic E-state index is 13.5. The topological polar surface area (TPSA) is 84.0 Å². The molecule has 3 rings (SSSR count). The summed E-state index contributed by atoms with van der Waals surface area (Å²) in [5, 5.41) is 2.88. The highest BCUT2D eigenvalue weighted by atomic mass is 16.6. The van der Waals surface area contributed by atoms with E-state index in [4.69, 9.17) is 9.47 Å². The molecule has 2 aliphatic rings.